The van der Waals surface area contributed by atoms with Gasteiger partial charge in [-0.2, -0.15) is 5.10 Å². The molecule has 21 heavy (non-hydrogen) atoms. The smallest absolute Gasteiger partial charge is 0.142 e. The van der Waals surface area contributed by atoms with Gasteiger partial charge in [-0.1, -0.05) is 11.6 Å². The molecule has 1 N–H and O–H groups in total. The lowest BCUT2D eigenvalue weighted by atomic mass is 10.0. The number of hydrogen-bond acceptors (Lipinski definition) is 2. The van der Waals surface area contributed by atoms with E-state index < -0.39 is 17.7 Å². The van der Waals surface area contributed by atoms with Crippen LogP contribution in [0.15, 0.2) is 16.6 Å². The van der Waals surface area contributed by atoms with E-state index in [0.29, 0.717) is 6.54 Å². The van der Waals surface area contributed by atoms with Gasteiger partial charge in [0.05, 0.1) is 27.0 Å². The summed E-state index contributed by atoms with van der Waals surface area (Å²) in [4.78, 5) is 0. The van der Waals surface area contributed by atoms with Gasteiger partial charge in [0, 0.05) is 18.5 Å². The Hall–Kier alpha value is -0.980. The number of aliphatic hydroxyl groups excluding tert-OH is 1. The van der Waals surface area contributed by atoms with Gasteiger partial charge in [0.2, 0.25) is 0 Å². The number of halogens is 4. The highest BCUT2D eigenvalue weighted by Crippen LogP contribution is 2.29. The van der Waals surface area contributed by atoms with Crippen LogP contribution in [0.2, 0.25) is 5.02 Å². The second-order valence-corrected chi connectivity index (χ2v) is 5.87. The van der Waals surface area contributed by atoms with Crippen LogP contribution in [0.5, 0.6) is 0 Å². The van der Waals surface area contributed by atoms with Crippen molar-refractivity contribution >= 4 is 27.5 Å². The van der Waals surface area contributed by atoms with E-state index in [4.69, 9.17) is 11.6 Å². The fraction of sp³-hybridized carbons (Fsp3) is 0.357. The summed E-state index contributed by atoms with van der Waals surface area (Å²) < 4.78 is 29.8. The number of hydrogen-bond donors (Lipinski definition) is 1. The Morgan fingerprint density at radius 1 is 1.38 bits per heavy atom. The first-order valence-electron chi connectivity index (χ1n) is 6.39. The Morgan fingerprint density at radius 2 is 2.05 bits per heavy atom. The topological polar surface area (TPSA) is 38.0 Å². The van der Waals surface area contributed by atoms with Crippen LogP contribution in [0.3, 0.4) is 0 Å². The molecule has 2 rings (SSSR count). The van der Waals surface area contributed by atoms with Crippen molar-refractivity contribution in [2.75, 3.05) is 0 Å². The van der Waals surface area contributed by atoms with Crippen LogP contribution in [-0.4, -0.2) is 14.9 Å². The van der Waals surface area contributed by atoms with E-state index in [1.165, 1.54) is 0 Å². The minimum atomic E-state index is -1.19. The van der Waals surface area contributed by atoms with Gasteiger partial charge in [-0.05, 0) is 41.9 Å². The molecule has 0 saturated heterocycles. The maximum Gasteiger partial charge on any atom is 0.142 e. The second-order valence-electron chi connectivity index (χ2n) is 4.67. The van der Waals surface area contributed by atoms with Crippen molar-refractivity contribution < 1.29 is 13.9 Å². The lowest BCUT2D eigenvalue weighted by molar-refractivity contribution is 0.170. The van der Waals surface area contributed by atoms with E-state index in [9.17, 15) is 13.9 Å². The van der Waals surface area contributed by atoms with E-state index in [-0.39, 0.29) is 17.0 Å². The number of nitrogens with zero attached hydrogens (tertiary/aromatic N) is 2. The summed E-state index contributed by atoms with van der Waals surface area (Å²) in [5, 5.41) is 14.2. The largest absolute Gasteiger partial charge is 0.388 e. The van der Waals surface area contributed by atoms with Gasteiger partial charge in [-0.15, -0.1) is 0 Å². The van der Waals surface area contributed by atoms with E-state index in [1.807, 2.05) is 13.8 Å². The quantitative estimate of drug-likeness (QED) is 0.809. The van der Waals surface area contributed by atoms with E-state index >= 15 is 0 Å². The molecule has 0 aliphatic rings. The fourth-order valence-electron chi connectivity index (χ4n) is 2.15. The van der Waals surface area contributed by atoms with Crippen LogP contribution in [0, 0.1) is 18.6 Å². The molecule has 0 amide bonds. The first-order valence-corrected chi connectivity index (χ1v) is 7.56. The molecule has 1 aromatic carbocycles. The van der Waals surface area contributed by atoms with Crippen molar-refractivity contribution in [3.05, 3.63) is 50.2 Å². The molecule has 1 aromatic heterocycles. The molecule has 1 heterocycles. The van der Waals surface area contributed by atoms with Crippen LogP contribution in [-0.2, 0) is 13.0 Å². The van der Waals surface area contributed by atoms with E-state index in [0.717, 1.165) is 28.0 Å². The van der Waals surface area contributed by atoms with Crippen molar-refractivity contribution in [2.24, 2.45) is 0 Å². The first kappa shape index (κ1) is 16.4. The van der Waals surface area contributed by atoms with Crippen LogP contribution < -0.4 is 0 Å². The van der Waals surface area contributed by atoms with Crippen molar-refractivity contribution in [2.45, 2.75) is 32.9 Å². The molecule has 0 spiro atoms. The molecule has 1 unspecified atom stereocenters. The highest BCUT2D eigenvalue weighted by atomic mass is 79.9. The molecule has 114 valence electrons. The molecule has 0 radical (unpaired) electrons. The van der Waals surface area contributed by atoms with Crippen molar-refractivity contribution in [1.29, 1.82) is 0 Å². The minimum Gasteiger partial charge on any atom is -0.388 e. The third-order valence-corrected chi connectivity index (χ3v) is 4.56. The Kier molecular flexibility index (Phi) is 5.01. The highest BCUT2D eigenvalue weighted by Gasteiger charge is 2.21. The number of aliphatic hydroxyl groups is 1. The third kappa shape index (κ3) is 3.27. The summed E-state index contributed by atoms with van der Waals surface area (Å²) in [7, 11) is 0. The summed E-state index contributed by atoms with van der Waals surface area (Å²) in [5.74, 6) is -1.49. The Bertz CT molecular complexity index is 675. The summed E-state index contributed by atoms with van der Waals surface area (Å²) in [6.07, 6.45) is -1.07. The third-order valence-electron chi connectivity index (χ3n) is 3.24. The minimum absolute atomic E-state index is 0.118. The number of benzene rings is 1. The molecular formula is C14H14BrClF2N2O. The molecule has 0 aliphatic carbocycles. The van der Waals surface area contributed by atoms with Crippen molar-refractivity contribution in [3.8, 4) is 0 Å². The summed E-state index contributed by atoms with van der Waals surface area (Å²) in [6, 6.07) is 1.79. The SMILES string of the molecule is CCn1nc(C)c(Br)c1CC(O)c1cc(F)c(Cl)cc1F. The molecule has 3 nitrogen and oxygen atoms in total. The molecule has 0 saturated carbocycles. The molecule has 7 heteroatoms. The lowest BCUT2D eigenvalue weighted by Gasteiger charge is -2.14. The predicted octanol–water partition coefficient (Wildman–Crippen LogP) is 4.18. The monoisotopic (exact) mass is 378 g/mol. The molecule has 2 aromatic rings. The first-order chi connectivity index (χ1) is 9.85. The number of rotatable bonds is 4. The van der Waals surface area contributed by atoms with Gasteiger partial charge in [-0.3, -0.25) is 4.68 Å². The summed E-state index contributed by atoms with van der Waals surface area (Å²) in [6.45, 7) is 4.36. The van der Waals surface area contributed by atoms with Crippen LogP contribution in [0.4, 0.5) is 8.78 Å². The zero-order valence-corrected chi connectivity index (χ0v) is 13.8. The fourth-order valence-corrected chi connectivity index (χ4v) is 2.75. The Labute approximate surface area is 134 Å². The van der Waals surface area contributed by atoms with Gasteiger partial charge in [0.25, 0.3) is 0 Å². The number of aryl methyl sites for hydroxylation is 2. The standard InChI is InChI=1S/C14H14BrClF2N2O/c1-3-20-12(14(15)7(2)19-20)6-13(21)8-4-11(18)9(16)5-10(8)17/h4-5,13,21H,3,6H2,1-2H3. The van der Waals surface area contributed by atoms with E-state index in [1.54, 1.807) is 4.68 Å². The molecular weight excluding hydrogens is 366 g/mol. The van der Waals surface area contributed by atoms with Gasteiger partial charge < -0.3 is 5.11 Å². The second kappa shape index (κ2) is 6.42. The lowest BCUT2D eigenvalue weighted by Crippen LogP contribution is -2.10. The van der Waals surface area contributed by atoms with Gasteiger partial charge in [0.15, 0.2) is 0 Å². The zero-order valence-electron chi connectivity index (χ0n) is 11.5. The zero-order chi connectivity index (χ0) is 15.7. The average Bonchev–Trinajstić information content (AvgIpc) is 2.70. The van der Waals surface area contributed by atoms with E-state index in [2.05, 4.69) is 21.0 Å². The van der Waals surface area contributed by atoms with Gasteiger partial charge in [-0.25, -0.2) is 8.78 Å². The number of aromatic nitrogens is 2. The maximum atomic E-state index is 13.8. The van der Waals surface area contributed by atoms with Crippen molar-refractivity contribution in [1.82, 2.24) is 9.78 Å². The molecule has 0 fully saturated rings. The maximum absolute atomic E-state index is 13.8. The average molecular weight is 380 g/mol. The highest BCUT2D eigenvalue weighted by molar-refractivity contribution is 9.10. The normalized spacial score (nSPS) is 12.7. The van der Waals surface area contributed by atoms with Crippen molar-refractivity contribution in [3.63, 3.8) is 0 Å². The van der Waals surface area contributed by atoms with Crippen LogP contribution >= 0.6 is 27.5 Å². The molecule has 0 aliphatic heterocycles. The summed E-state index contributed by atoms with van der Waals surface area (Å²) in [5.41, 5.74) is 1.39. The van der Waals surface area contributed by atoms with Crippen LogP contribution in [0.25, 0.3) is 0 Å². The Morgan fingerprint density at radius 3 is 2.67 bits per heavy atom. The summed E-state index contributed by atoms with van der Waals surface area (Å²) >= 11 is 8.91. The van der Waals surface area contributed by atoms with Crippen LogP contribution in [0.1, 0.15) is 30.0 Å². The predicted molar refractivity (Wildman–Crippen MR) is 80.4 cm³/mol. The van der Waals surface area contributed by atoms with Gasteiger partial charge in [0.1, 0.15) is 11.6 Å². The van der Waals surface area contributed by atoms with Gasteiger partial charge >= 0.3 is 0 Å². The Balaban J connectivity index is 2.34. The molecule has 0 bridgehead atoms. The molecule has 1 atom stereocenters.